The van der Waals surface area contributed by atoms with Crippen LogP contribution in [0.1, 0.15) is 39.5 Å². The third-order valence-electron chi connectivity index (χ3n) is 2.25. The van der Waals surface area contributed by atoms with Crippen LogP contribution < -0.4 is 10.6 Å². The number of hydrogen-bond donors (Lipinski definition) is 2. The Morgan fingerprint density at radius 2 is 1.94 bits per heavy atom. The van der Waals surface area contributed by atoms with Crippen LogP contribution in [0.3, 0.4) is 0 Å². The predicted molar refractivity (Wildman–Crippen MR) is 73.0 cm³/mol. The molecule has 0 spiro atoms. The normalized spacial score (nSPS) is 10.8. The highest BCUT2D eigenvalue weighted by Gasteiger charge is 2.00. The third kappa shape index (κ3) is 11.9. The Morgan fingerprint density at radius 3 is 2.56 bits per heavy atom. The Bertz CT molecular complexity index is 174. The van der Waals surface area contributed by atoms with Crippen molar-refractivity contribution in [2.75, 3.05) is 25.1 Å². The molecule has 0 saturated carbocycles. The van der Waals surface area contributed by atoms with Crippen LogP contribution in [0.4, 0.5) is 0 Å². The van der Waals surface area contributed by atoms with E-state index in [2.05, 4.69) is 30.7 Å². The number of carbonyl (C=O) groups is 1. The summed E-state index contributed by atoms with van der Waals surface area (Å²) in [6, 6.07) is 0.458. The van der Waals surface area contributed by atoms with E-state index < -0.39 is 0 Å². The first-order valence-electron chi connectivity index (χ1n) is 6.16. The van der Waals surface area contributed by atoms with Crippen LogP contribution in [0.15, 0.2) is 0 Å². The quantitative estimate of drug-likeness (QED) is 0.580. The number of carbonyl (C=O) groups excluding carboxylic acids is 1. The maximum absolute atomic E-state index is 11.4. The van der Waals surface area contributed by atoms with Crippen LogP contribution in [0, 0.1) is 0 Å². The van der Waals surface area contributed by atoms with E-state index in [4.69, 9.17) is 0 Å². The van der Waals surface area contributed by atoms with Gasteiger partial charge in [0.2, 0.25) is 5.91 Å². The average Bonchev–Trinajstić information content (AvgIpc) is 2.22. The summed E-state index contributed by atoms with van der Waals surface area (Å²) in [4.78, 5) is 11.4. The minimum Gasteiger partial charge on any atom is -0.356 e. The fourth-order valence-corrected chi connectivity index (χ4v) is 1.83. The number of rotatable bonds is 10. The lowest BCUT2D eigenvalue weighted by atomic mass is 10.2. The monoisotopic (exact) mass is 246 g/mol. The molecule has 2 N–H and O–H groups in total. The Hall–Kier alpha value is -0.220. The minimum atomic E-state index is 0.165. The van der Waals surface area contributed by atoms with Gasteiger partial charge in [0.15, 0.2) is 0 Å². The van der Waals surface area contributed by atoms with Gasteiger partial charge in [0.1, 0.15) is 0 Å². The molecule has 1 amide bonds. The second-order valence-electron chi connectivity index (χ2n) is 4.26. The second kappa shape index (κ2) is 11.3. The summed E-state index contributed by atoms with van der Waals surface area (Å²) in [7, 11) is 0. The van der Waals surface area contributed by atoms with Gasteiger partial charge in [-0.1, -0.05) is 20.3 Å². The molecule has 0 radical (unpaired) electrons. The van der Waals surface area contributed by atoms with E-state index in [9.17, 15) is 4.79 Å². The Balaban J connectivity index is 3.17. The summed E-state index contributed by atoms with van der Waals surface area (Å²) < 4.78 is 0. The summed E-state index contributed by atoms with van der Waals surface area (Å²) in [5.74, 6) is 1.39. The number of amides is 1. The van der Waals surface area contributed by atoms with Crippen molar-refractivity contribution in [1.29, 1.82) is 0 Å². The summed E-state index contributed by atoms with van der Waals surface area (Å²) in [5, 5.41) is 6.18. The lowest BCUT2D eigenvalue weighted by Crippen LogP contribution is -2.31. The van der Waals surface area contributed by atoms with E-state index >= 15 is 0 Å². The first-order chi connectivity index (χ1) is 7.66. The molecule has 0 aliphatic carbocycles. The molecule has 0 aromatic heterocycles. The van der Waals surface area contributed by atoms with Crippen molar-refractivity contribution >= 4 is 17.7 Å². The van der Waals surface area contributed by atoms with E-state index in [1.807, 2.05) is 11.8 Å². The van der Waals surface area contributed by atoms with Gasteiger partial charge in [-0.05, 0) is 24.9 Å². The van der Waals surface area contributed by atoms with Crippen molar-refractivity contribution in [3.8, 4) is 0 Å². The van der Waals surface area contributed by atoms with Crippen molar-refractivity contribution in [3.63, 3.8) is 0 Å². The molecule has 4 heteroatoms. The molecule has 0 fully saturated rings. The third-order valence-corrected chi connectivity index (χ3v) is 2.95. The molecule has 0 aliphatic rings. The van der Waals surface area contributed by atoms with Crippen LogP contribution in [0.25, 0.3) is 0 Å². The van der Waals surface area contributed by atoms with E-state index in [1.165, 1.54) is 18.6 Å². The van der Waals surface area contributed by atoms with Crippen LogP contribution in [-0.2, 0) is 4.79 Å². The molecule has 0 rings (SSSR count). The highest BCUT2D eigenvalue weighted by molar-refractivity contribution is 7.98. The summed E-state index contributed by atoms with van der Waals surface area (Å²) in [6.07, 6.45) is 6.29. The molecule has 3 nitrogen and oxygen atoms in total. The van der Waals surface area contributed by atoms with Gasteiger partial charge in [0.05, 0.1) is 0 Å². The smallest absolute Gasteiger partial charge is 0.221 e. The lowest BCUT2D eigenvalue weighted by molar-refractivity contribution is -0.121. The lowest BCUT2D eigenvalue weighted by Gasteiger charge is -2.08. The second-order valence-corrected chi connectivity index (χ2v) is 5.25. The van der Waals surface area contributed by atoms with Crippen LogP contribution in [0.2, 0.25) is 0 Å². The van der Waals surface area contributed by atoms with E-state index in [-0.39, 0.29) is 5.91 Å². The van der Waals surface area contributed by atoms with E-state index in [0.29, 0.717) is 12.5 Å². The van der Waals surface area contributed by atoms with E-state index in [1.54, 1.807) is 0 Å². The predicted octanol–water partition coefficient (Wildman–Crippen LogP) is 2.02. The summed E-state index contributed by atoms with van der Waals surface area (Å²) >= 11 is 1.88. The highest BCUT2D eigenvalue weighted by Crippen LogP contribution is 2.01. The van der Waals surface area contributed by atoms with Crippen LogP contribution in [-0.4, -0.2) is 37.0 Å². The van der Waals surface area contributed by atoms with Crippen molar-refractivity contribution in [2.45, 2.75) is 45.6 Å². The van der Waals surface area contributed by atoms with Crippen molar-refractivity contribution in [3.05, 3.63) is 0 Å². The van der Waals surface area contributed by atoms with Gasteiger partial charge in [-0.3, -0.25) is 4.79 Å². The zero-order valence-corrected chi connectivity index (χ0v) is 11.7. The number of hydrogen-bond acceptors (Lipinski definition) is 3. The SMILES string of the molecule is CSCCCCCNC(=O)CCNC(C)C. The van der Waals surface area contributed by atoms with Gasteiger partial charge in [0, 0.05) is 25.6 Å². The number of nitrogens with one attached hydrogen (secondary N) is 2. The Labute approximate surface area is 104 Å². The Kier molecular flexibility index (Phi) is 11.1. The van der Waals surface area contributed by atoms with Gasteiger partial charge in [-0.25, -0.2) is 0 Å². The molecule has 16 heavy (non-hydrogen) atoms. The largest absolute Gasteiger partial charge is 0.356 e. The first-order valence-corrected chi connectivity index (χ1v) is 7.55. The fraction of sp³-hybridized carbons (Fsp3) is 0.917. The maximum atomic E-state index is 11.4. The molecule has 0 unspecified atom stereocenters. The van der Waals surface area contributed by atoms with Gasteiger partial charge < -0.3 is 10.6 Å². The van der Waals surface area contributed by atoms with Gasteiger partial charge in [0.25, 0.3) is 0 Å². The molecule has 96 valence electrons. The summed E-state index contributed by atoms with van der Waals surface area (Å²) in [6.45, 7) is 5.78. The van der Waals surface area contributed by atoms with Crippen LogP contribution >= 0.6 is 11.8 Å². The molecular formula is C12H26N2OS. The average molecular weight is 246 g/mol. The zero-order valence-electron chi connectivity index (χ0n) is 10.8. The van der Waals surface area contributed by atoms with Crippen molar-refractivity contribution in [1.82, 2.24) is 10.6 Å². The van der Waals surface area contributed by atoms with Crippen molar-refractivity contribution in [2.24, 2.45) is 0 Å². The Morgan fingerprint density at radius 1 is 1.19 bits per heavy atom. The summed E-state index contributed by atoms with van der Waals surface area (Å²) in [5.41, 5.74) is 0. The highest BCUT2D eigenvalue weighted by atomic mass is 32.2. The molecule has 0 saturated heterocycles. The van der Waals surface area contributed by atoms with Gasteiger partial charge in [-0.15, -0.1) is 0 Å². The standard InChI is InChI=1S/C12H26N2OS/c1-11(2)13-9-7-12(15)14-8-5-4-6-10-16-3/h11,13H,4-10H2,1-3H3,(H,14,15). The maximum Gasteiger partial charge on any atom is 0.221 e. The molecule has 0 aromatic carbocycles. The van der Waals surface area contributed by atoms with Gasteiger partial charge >= 0.3 is 0 Å². The van der Waals surface area contributed by atoms with Gasteiger partial charge in [-0.2, -0.15) is 11.8 Å². The topological polar surface area (TPSA) is 41.1 Å². The fourth-order valence-electron chi connectivity index (χ4n) is 1.34. The molecule has 0 aliphatic heterocycles. The van der Waals surface area contributed by atoms with E-state index in [0.717, 1.165) is 19.5 Å². The molecule has 0 aromatic rings. The molecule has 0 atom stereocenters. The number of thioether (sulfide) groups is 1. The molecule has 0 heterocycles. The van der Waals surface area contributed by atoms with Crippen molar-refractivity contribution < 1.29 is 4.79 Å². The minimum absolute atomic E-state index is 0.165. The molecule has 0 bridgehead atoms. The van der Waals surface area contributed by atoms with Crippen LogP contribution in [0.5, 0.6) is 0 Å². The molecular weight excluding hydrogens is 220 g/mol. The first kappa shape index (κ1) is 15.8. The number of unbranched alkanes of at least 4 members (excludes halogenated alkanes) is 2. The zero-order chi connectivity index (χ0) is 12.2.